The Hall–Kier alpha value is -1.26. The van der Waals surface area contributed by atoms with Crippen molar-refractivity contribution in [2.24, 2.45) is 0 Å². The predicted molar refractivity (Wildman–Crippen MR) is 106 cm³/mol. The van der Waals surface area contributed by atoms with Crippen molar-refractivity contribution in [3.63, 3.8) is 0 Å². The molecule has 160 valence electrons. The number of nitrogens with one attached hydrogen (secondary N) is 1. The molecule has 3 rings (SSSR count). The first-order chi connectivity index (χ1) is 13.6. The molecule has 1 aliphatic rings. The van der Waals surface area contributed by atoms with E-state index in [9.17, 15) is 18.0 Å². The molecule has 2 aromatic rings. The highest BCUT2D eigenvalue weighted by Gasteiger charge is 2.41. The Balaban J connectivity index is 1.50. The summed E-state index contributed by atoms with van der Waals surface area (Å²) in [5, 5.41) is 11.4. The summed E-state index contributed by atoms with van der Waals surface area (Å²) in [6.07, 6.45) is -2.26. The van der Waals surface area contributed by atoms with E-state index in [1.54, 1.807) is 11.6 Å². The fourth-order valence-electron chi connectivity index (χ4n) is 2.98. The van der Waals surface area contributed by atoms with Gasteiger partial charge in [-0.2, -0.15) is 23.4 Å². The van der Waals surface area contributed by atoms with Gasteiger partial charge in [0.1, 0.15) is 10.2 Å². The predicted octanol–water partition coefficient (Wildman–Crippen LogP) is 4.95. The molecule has 12 heteroatoms. The van der Waals surface area contributed by atoms with Gasteiger partial charge in [-0.3, -0.25) is 14.2 Å². The third kappa shape index (κ3) is 5.27. The van der Waals surface area contributed by atoms with Crippen LogP contribution in [0.15, 0.2) is 4.47 Å². The first kappa shape index (κ1) is 22.4. The first-order valence-corrected chi connectivity index (χ1v) is 10.6. The summed E-state index contributed by atoms with van der Waals surface area (Å²) >= 11 is 15.1. The Kier molecular flexibility index (Phi) is 6.84. The van der Waals surface area contributed by atoms with Crippen molar-refractivity contribution in [1.82, 2.24) is 24.9 Å². The highest BCUT2D eigenvalue weighted by atomic mass is 79.9. The summed E-state index contributed by atoms with van der Waals surface area (Å²) in [7, 11) is 0. The zero-order valence-electron chi connectivity index (χ0n) is 15.5. The smallest absolute Gasteiger partial charge is 0.356 e. The molecule has 0 radical (unpaired) electrons. The van der Waals surface area contributed by atoms with Gasteiger partial charge in [0.25, 0.3) is 0 Å². The van der Waals surface area contributed by atoms with Crippen molar-refractivity contribution in [3.8, 4) is 0 Å². The zero-order chi connectivity index (χ0) is 21.3. The minimum atomic E-state index is -4.54. The average molecular weight is 517 g/mol. The number of aromatic nitrogens is 4. The number of rotatable bonds is 8. The summed E-state index contributed by atoms with van der Waals surface area (Å²) in [4.78, 5) is 12.1. The van der Waals surface area contributed by atoms with E-state index in [-0.39, 0.29) is 29.3 Å². The number of carbonyl (C=O) groups is 1. The number of alkyl halides is 3. The summed E-state index contributed by atoms with van der Waals surface area (Å²) in [6.45, 7) is 2.71. The number of amides is 1. The lowest BCUT2D eigenvalue weighted by Crippen LogP contribution is -2.26. The molecule has 0 spiro atoms. The fourth-order valence-corrected chi connectivity index (χ4v) is 4.21. The van der Waals surface area contributed by atoms with E-state index < -0.39 is 11.9 Å². The van der Waals surface area contributed by atoms with Crippen molar-refractivity contribution in [2.75, 3.05) is 6.54 Å². The van der Waals surface area contributed by atoms with Crippen LogP contribution in [0, 0.1) is 6.92 Å². The van der Waals surface area contributed by atoms with Crippen LogP contribution >= 0.6 is 39.1 Å². The monoisotopic (exact) mass is 515 g/mol. The van der Waals surface area contributed by atoms with Crippen LogP contribution in [-0.4, -0.2) is 32.0 Å². The molecule has 0 unspecified atom stereocenters. The second-order valence-electron chi connectivity index (χ2n) is 6.91. The Bertz CT molecular complexity index is 908. The molecule has 2 heterocycles. The summed E-state index contributed by atoms with van der Waals surface area (Å²) in [6, 6.07) is 0. The lowest BCUT2D eigenvalue weighted by atomic mass is 10.2. The third-order valence-corrected chi connectivity index (χ3v) is 6.29. The Morgan fingerprint density at radius 3 is 2.48 bits per heavy atom. The molecule has 1 aliphatic carbocycles. The van der Waals surface area contributed by atoms with Crippen LogP contribution in [0.1, 0.15) is 48.7 Å². The van der Waals surface area contributed by atoms with Gasteiger partial charge in [-0.05, 0) is 42.1 Å². The molecule has 1 N–H and O–H groups in total. The normalized spacial score (nSPS) is 14.4. The lowest BCUT2D eigenvalue weighted by molar-refractivity contribution is -0.142. The molecule has 0 bridgehead atoms. The molecule has 29 heavy (non-hydrogen) atoms. The number of nitrogens with zero attached hydrogens (tertiary/aromatic N) is 4. The minimum Gasteiger partial charge on any atom is -0.356 e. The highest BCUT2D eigenvalue weighted by Crippen LogP contribution is 2.47. The van der Waals surface area contributed by atoms with Crippen LogP contribution in [0.25, 0.3) is 0 Å². The molecule has 0 atom stereocenters. The Morgan fingerprint density at radius 2 is 1.93 bits per heavy atom. The third-order valence-electron chi connectivity index (χ3n) is 4.58. The molecule has 1 saturated carbocycles. The van der Waals surface area contributed by atoms with Gasteiger partial charge in [-0.15, -0.1) is 0 Å². The van der Waals surface area contributed by atoms with Gasteiger partial charge < -0.3 is 5.32 Å². The van der Waals surface area contributed by atoms with E-state index in [4.69, 9.17) is 23.2 Å². The summed E-state index contributed by atoms with van der Waals surface area (Å²) < 4.78 is 42.2. The maximum atomic E-state index is 13.1. The van der Waals surface area contributed by atoms with Crippen LogP contribution in [0.4, 0.5) is 13.2 Å². The molecular formula is C17H19BrCl2F3N5O. The van der Waals surface area contributed by atoms with E-state index in [0.29, 0.717) is 41.1 Å². The van der Waals surface area contributed by atoms with Crippen LogP contribution in [0.5, 0.6) is 0 Å². The highest BCUT2D eigenvalue weighted by molar-refractivity contribution is 9.10. The Morgan fingerprint density at radius 1 is 1.24 bits per heavy atom. The second kappa shape index (κ2) is 8.85. The van der Waals surface area contributed by atoms with Crippen molar-refractivity contribution in [1.29, 1.82) is 0 Å². The average Bonchev–Trinajstić information content (AvgIpc) is 3.37. The minimum absolute atomic E-state index is 0.0158. The fraction of sp³-hybridized carbons (Fsp3) is 0.588. The van der Waals surface area contributed by atoms with Crippen molar-refractivity contribution < 1.29 is 18.0 Å². The topological polar surface area (TPSA) is 64.7 Å². The van der Waals surface area contributed by atoms with E-state index >= 15 is 0 Å². The zero-order valence-corrected chi connectivity index (χ0v) is 18.6. The van der Waals surface area contributed by atoms with Gasteiger partial charge in [0.15, 0.2) is 5.69 Å². The van der Waals surface area contributed by atoms with Gasteiger partial charge in [0.05, 0.1) is 22.4 Å². The molecule has 0 aromatic carbocycles. The second-order valence-corrected chi connectivity index (χ2v) is 8.44. The van der Waals surface area contributed by atoms with Gasteiger partial charge >= 0.3 is 6.18 Å². The van der Waals surface area contributed by atoms with E-state index in [1.807, 2.05) is 0 Å². The Labute approximate surface area is 183 Å². The molecule has 0 saturated heterocycles. The van der Waals surface area contributed by atoms with Crippen LogP contribution in [-0.2, 0) is 24.1 Å². The molecule has 1 fully saturated rings. The van der Waals surface area contributed by atoms with Gasteiger partial charge in [-0.25, -0.2) is 0 Å². The summed E-state index contributed by atoms with van der Waals surface area (Å²) in [5.41, 5.74) is 0.214. The maximum absolute atomic E-state index is 13.1. The van der Waals surface area contributed by atoms with Crippen LogP contribution in [0.3, 0.4) is 0 Å². The van der Waals surface area contributed by atoms with Gasteiger partial charge in [0, 0.05) is 25.4 Å². The first-order valence-electron chi connectivity index (χ1n) is 9.08. The van der Waals surface area contributed by atoms with Crippen LogP contribution < -0.4 is 5.32 Å². The largest absolute Gasteiger partial charge is 0.436 e. The number of aryl methyl sites for hydroxylation is 3. The van der Waals surface area contributed by atoms with Crippen molar-refractivity contribution in [3.05, 3.63) is 31.7 Å². The summed E-state index contributed by atoms with van der Waals surface area (Å²) in [5.74, 6) is -0.196. The number of halogens is 6. The van der Waals surface area contributed by atoms with Gasteiger partial charge in [0.2, 0.25) is 5.91 Å². The van der Waals surface area contributed by atoms with E-state index in [1.165, 1.54) is 4.68 Å². The van der Waals surface area contributed by atoms with E-state index in [0.717, 1.165) is 12.8 Å². The number of hydrogen-bond donors (Lipinski definition) is 1. The standard InChI is InChI=1S/C17H19BrCl2F3N5O/c1-9-13(19)16(20)28(25-9)7-2-6-24-11(29)5-8-27-14(10-3-4-10)12(18)15(26-27)17(21,22)23/h10H,2-8H2,1H3,(H,24,29). The van der Waals surface area contributed by atoms with Crippen molar-refractivity contribution in [2.45, 2.75) is 57.8 Å². The number of hydrogen-bond acceptors (Lipinski definition) is 3. The van der Waals surface area contributed by atoms with Crippen molar-refractivity contribution >= 4 is 45.0 Å². The quantitative estimate of drug-likeness (QED) is 0.505. The maximum Gasteiger partial charge on any atom is 0.436 e. The van der Waals surface area contributed by atoms with Gasteiger partial charge in [-0.1, -0.05) is 23.2 Å². The van der Waals surface area contributed by atoms with E-state index in [2.05, 4.69) is 31.4 Å². The molecular weight excluding hydrogens is 498 g/mol. The lowest BCUT2D eigenvalue weighted by Gasteiger charge is -2.08. The molecule has 2 aromatic heterocycles. The molecule has 0 aliphatic heterocycles. The van der Waals surface area contributed by atoms with Crippen LogP contribution in [0.2, 0.25) is 10.2 Å². The SMILES string of the molecule is Cc1nn(CCCNC(=O)CCn2nc(C(F)(F)F)c(Br)c2C2CC2)c(Cl)c1Cl. The number of carbonyl (C=O) groups excluding carboxylic acids is 1. The molecule has 6 nitrogen and oxygen atoms in total. The molecule has 1 amide bonds.